The number of thioether (sulfide) groups is 1. The third-order valence-electron chi connectivity index (χ3n) is 3.54. The summed E-state index contributed by atoms with van der Waals surface area (Å²) in [6.07, 6.45) is 1.94. The van der Waals surface area contributed by atoms with Gasteiger partial charge in [-0.25, -0.2) is 13.8 Å². The van der Waals surface area contributed by atoms with E-state index in [4.69, 9.17) is 0 Å². The van der Waals surface area contributed by atoms with E-state index in [1.807, 2.05) is 30.5 Å². The number of nitrogens with one attached hydrogen (secondary N) is 1. The minimum Gasteiger partial charge on any atom is -0.320 e. The second kappa shape index (κ2) is 7.00. The van der Waals surface area contributed by atoms with Gasteiger partial charge in [0.2, 0.25) is 5.91 Å². The fourth-order valence-electron chi connectivity index (χ4n) is 2.48. The van der Waals surface area contributed by atoms with Crippen molar-refractivity contribution in [2.45, 2.75) is 12.3 Å². The molecular formula is C17H15F2N3OS. The number of fused-ring (bicyclic) bond motifs is 1. The Morgan fingerprint density at radius 1 is 1.17 bits per heavy atom. The first kappa shape index (κ1) is 16.4. The molecule has 24 heavy (non-hydrogen) atoms. The molecule has 1 aromatic heterocycles. The molecule has 2 aromatic carbocycles. The number of anilines is 1. The molecule has 124 valence electrons. The summed E-state index contributed by atoms with van der Waals surface area (Å²) in [5.74, 6) is -0.737. The van der Waals surface area contributed by atoms with Crippen LogP contribution in [0.3, 0.4) is 0 Å². The van der Waals surface area contributed by atoms with Crippen molar-refractivity contribution in [1.29, 1.82) is 0 Å². The summed E-state index contributed by atoms with van der Waals surface area (Å²) in [6, 6.07) is 10.9. The Balaban J connectivity index is 1.89. The predicted octanol–water partition coefficient (Wildman–Crippen LogP) is 3.82. The maximum Gasteiger partial charge on any atom is 0.244 e. The van der Waals surface area contributed by atoms with Crippen molar-refractivity contribution in [3.8, 4) is 0 Å². The van der Waals surface area contributed by atoms with E-state index in [-0.39, 0.29) is 6.54 Å². The number of carbonyl (C=O) groups is 1. The molecule has 0 atom stereocenters. The lowest BCUT2D eigenvalue weighted by atomic mass is 10.3. The summed E-state index contributed by atoms with van der Waals surface area (Å²) in [7, 11) is 0. The number of nitrogens with zero attached hydrogens (tertiary/aromatic N) is 2. The summed E-state index contributed by atoms with van der Waals surface area (Å²) >= 11 is 1.59. The van der Waals surface area contributed by atoms with Crippen LogP contribution in [0, 0.1) is 11.6 Å². The Kier molecular flexibility index (Phi) is 4.80. The first-order chi connectivity index (χ1) is 11.6. The van der Waals surface area contributed by atoms with E-state index < -0.39 is 23.2 Å². The summed E-state index contributed by atoms with van der Waals surface area (Å²) in [5.41, 5.74) is 1.16. The Morgan fingerprint density at radius 3 is 2.58 bits per heavy atom. The van der Waals surface area contributed by atoms with Crippen molar-refractivity contribution >= 4 is 34.4 Å². The highest BCUT2D eigenvalue weighted by atomic mass is 32.2. The number of aromatic nitrogens is 2. The van der Waals surface area contributed by atoms with Crippen LogP contribution in [0.4, 0.5) is 14.5 Å². The maximum atomic E-state index is 13.7. The second-order valence-corrected chi connectivity index (χ2v) is 6.05. The molecule has 0 saturated heterocycles. The van der Waals surface area contributed by atoms with E-state index in [0.29, 0.717) is 5.75 Å². The number of hydrogen-bond acceptors (Lipinski definition) is 3. The van der Waals surface area contributed by atoms with Gasteiger partial charge >= 0.3 is 0 Å². The first-order valence-electron chi connectivity index (χ1n) is 7.27. The van der Waals surface area contributed by atoms with Gasteiger partial charge in [0.05, 0.1) is 16.8 Å². The third-order valence-corrected chi connectivity index (χ3v) is 4.08. The van der Waals surface area contributed by atoms with Gasteiger partial charge in [0.1, 0.15) is 29.7 Å². The van der Waals surface area contributed by atoms with Crippen LogP contribution in [-0.2, 0) is 17.1 Å². The van der Waals surface area contributed by atoms with Crippen LogP contribution >= 0.6 is 11.8 Å². The van der Waals surface area contributed by atoms with Crippen LogP contribution in [0.2, 0.25) is 0 Å². The van der Waals surface area contributed by atoms with Crippen molar-refractivity contribution < 1.29 is 13.6 Å². The molecule has 0 aliphatic carbocycles. The predicted molar refractivity (Wildman–Crippen MR) is 91.9 cm³/mol. The average molecular weight is 347 g/mol. The molecule has 0 saturated carbocycles. The third kappa shape index (κ3) is 3.26. The van der Waals surface area contributed by atoms with Crippen molar-refractivity contribution in [2.75, 3.05) is 11.6 Å². The van der Waals surface area contributed by atoms with Gasteiger partial charge < -0.3 is 9.88 Å². The van der Waals surface area contributed by atoms with E-state index in [9.17, 15) is 13.6 Å². The largest absolute Gasteiger partial charge is 0.320 e. The molecule has 0 aliphatic heterocycles. The van der Waals surface area contributed by atoms with Gasteiger partial charge in [0.15, 0.2) is 0 Å². The van der Waals surface area contributed by atoms with E-state index >= 15 is 0 Å². The van der Waals surface area contributed by atoms with Crippen LogP contribution in [0.1, 0.15) is 5.82 Å². The zero-order valence-electron chi connectivity index (χ0n) is 12.9. The Labute approximate surface area is 141 Å². The summed E-state index contributed by atoms with van der Waals surface area (Å²) in [4.78, 5) is 16.8. The Bertz CT molecular complexity index is 874. The smallest absolute Gasteiger partial charge is 0.244 e. The SMILES string of the molecule is CSCc1nc2ccccc2n1CC(=O)Nc1c(F)cccc1F. The number of rotatable bonds is 5. The zero-order valence-corrected chi connectivity index (χ0v) is 13.7. The van der Waals surface area contributed by atoms with Gasteiger partial charge in [-0.1, -0.05) is 18.2 Å². The standard InChI is InChI=1S/C17H15F2N3OS/c1-24-10-15-20-13-7-2-3-8-14(13)22(15)9-16(23)21-17-11(18)5-4-6-12(17)19/h2-8H,9-10H2,1H3,(H,21,23). The van der Waals surface area contributed by atoms with E-state index in [1.165, 1.54) is 6.07 Å². The molecule has 0 fully saturated rings. The number of imidazole rings is 1. The van der Waals surface area contributed by atoms with E-state index in [1.54, 1.807) is 16.3 Å². The fraction of sp³-hybridized carbons (Fsp3) is 0.176. The van der Waals surface area contributed by atoms with Crippen LogP contribution < -0.4 is 5.32 Å². The van der Waals surface area contributed by atoms with Gasteiger partial charge in [-0.3, -0.25) is 4.79 Å². The minimum absolute atomic E-state index is 0.0653. The van der Waals surface area contributed by atoms with Crippen molar-refractivity contribution in [3.63, 3.8) is 0 Å². The fourth-order valence-corrected chi connectivity index (χ4v) is 2.96. The van der Waals surface area contributed by atoms with Crippen molar-refractivity contribution in [3.05, 3.63) is 59.9 Å². The minimum atomic E-state index is -0.803. The van der Waals surface area contributed by atoms with Crippen LogP contribution in [0.5, 0.6) is 0 Å². The molecule has 0 unspecified atom stereocenters. The number of halogens is 2. The van der Waals surface area contributed by atoms with Crippen molar-refractivity contribution in [2.24, 2.45) is 0 Å². The summed E-state index contributed by atoms with van der Waals surface area (Å²) < 4.78 is 29.1. The quantitative estimate of drug-likeness (QED) is 0.763. The van der Waals surface area contributed by atoms with Gasteiger partial charge in [0.25, 0.3) is 0 Å². The highest BCUT2D eigenvalue weighted by Crippen LogP contribution is 2.21. The lowest BCUT2D eigenvalue weighted by Gasteiger charge is -2.10. The molecule has 1 N–H and O–H groups in total. The summed E-state index contributed by atoms with van der Waals surface area (Å²) in [6.45, 7) is -0.0653. The number of carbonyl (C=O) groups excluding carboxylic acids is 1. The second-order valence-electron chi connectivity index (χ2n) is 5.18. The van der Waals surface area contributed by atoms with E-state index in [0.717, 1.165) is 29.0 Å². The lowest BCUT2D eigenvalue weighted by Crippen LogP contribution is -2.21. The molecule has 3 rings (SSSR count). The molecular weight excluding hydrogens is 332 g/mol. The molecule has 1 amide bonds. The van der Waals surface area contributed by atoms with E-state index in [2.05, 4.69) is 10.3 Å². The normalized spacial score (nSPS) is 11.0. The van der Waals surface area contributed by atoms with Crippen molar-refractivity contribution in [1.82, 2.24) is 9.55 Å². The molecule has 0 bridgehead atoms. The number of amides is 1. The monoisotopic (exact) mass is 347 g/mol. The highest BCUT2D eigenvalue weighted by Gasteiger charge is 2.16. The average Bonchev–Trinajstić information content (AvgIpc) is 2.89. The molecule has 1 heterocycles. The molecule has 0 aliphatic rings. The zero-order chi connectivity index (χ0) is 17.1. The molecule has 3 aromatic rings. The maximum absolute atomic E-state index is 13.7. The molecule has 0 radical (unpaired) electrons. The van der Waals surface area contributed by atoms with Crippen LogP contribution in [0.15, 0.2) is 42.5 Å². The number of benzene rings is 2. The van der Waals surface area contributed by atoms with Crippen LogP contribution in [0.25, 0.3) is 11.0 Å². The Morgan fingerprint density at radius 2 is 1.88 bits per heavy atom. The lowest BCUT2D eigenvalue weighted by molar-refractivity contribution is -0.116. The Hall–Kier alpha value is -2.41. The summed E-state index contributed by atoms with van der Waals surface area (Å²) in [5, 5.41) is 2.31. The molecule has 4 nitrogen and oxygen atoms in total. The van der Waals surface area contributed by atoms with Gasteiger partial charge in [0, 0.05) is 0 Å². The number of hydrogen-bond donors (Lipinski definition) is 1. The van der Waals surface area contributed by atoms with Gasteiger partial charge in [-0.15, -0.1) is 0 Å². The van der Waals surface area contributed by atoms with Gasteiger partial charge in [-0.2, -0.15) is 11.8 Å². The molecule has 7 heteroatoms. The topological polar surface area (TPSA) is 46.9 Å². The van der Waals surface area contributed by atoms with Gasteiger partial charge in [-0.05, 0) is 30.5 Å². The number of para-hydroxylation sites is 3. The molecule has 0 spiro atoms. The first-order valence-corrected chi connectivity index (χ1v) is 8.66. The van der Waals surface area contributed by atoms with Crippen LogP contribution in [-0.4, -0.2) is 21.7 Å². The highest BCUT2D eigenvalue weighted by molar-refractivity contribution is 7.97.